The number of fused-ring (bicyclic) bond motifs is 3. The summed E-state index contributed by atoms with van der Waals surface area (Å²) in [6.07, 6.45) is 4.31. The highest BCUT2D eigenvalue weighted by molar-refractivity contribution is 6.03. The number of aryl methyl sites for hydroxylation is 6. The Morgan fingerprint density at radius 2 is 0.650 bits per heavy atom. The van der Waals surface area contributed by atoms with E-state index >= 15 is 0 Å². The third-order valence-corrected chi connectivity index (χ3v) is 7.55. The molecule has 3 aromatic carbocycles. The van der Waals surface area contributed by atoms with Crippen molar-refractivity contribution in [3.63, 3.8) is 0 Å². The van der Waals surface area contributed by atoms with E-state index in [-0.39, 0.29) is 11.1 Å². The van der Waals surface area contributed by atoms with Gasteiger partial charge in [-0.25, -0.2) is 9.59 Å². The van der Waals surface area contributed by atoms with Gasteiger partial charge < -0.3 is 28.4 Å². The summed E-state index contributed by atoms with van der Waals surface area (Å²) in [4.78, 5) is 25.4. The lowest BCUT2D eigenvalue weighted by atomic mass is 9.87. The molecule has 0 N–H and O–H groups in total. The van der Waals surface area contributed by atoms with Crippen molar-refractivity contribution >= 4 is 11.9 Å². The van der Waals surface area contributed by atoms with E-state index in [2.05, 4.69) is 0 Å². The molecule has 212 valence electrons. The molecule has 0 atom stereocenters. The van der Waals surface area contributed by atoms with Gasteiger partial charge in [0.15, 0.2) is 23.0 Å². The van der Waals surface area contributed by atoms with Gasteiger partial charge in [-0.05, 0) is 108 Å². The largest absolute Gasteiger partial charge is 0.493 e. The molecule has 0 fully saturated rings. The van der Waals surface area contributed by atoms with Gasteiger partial charge in [0.05, 0.1) is 53.8 Å². The van der Waals surface area contributed by atoms with Crippen molar-refractivity contribution in [3.05, 3.63) is 80.9 Å². The zero-order chi connectivity index (χ0) is 28.8. The monoisotopic (exact) mass is 548 g/mol. The number of benzene rings is 3. The number of esters is 2. The average molecular weight is 549 g/mol. The number of carbonyl (C=O) groups is 2. The molecule has 1 aliphatic carbocycles. The molecule has 0 spiro atoms. The zero-order valence-electron chi connectivity index (χ0n) is 24.0. The van der Waals surface area contributed by atoms with E-state index in [1.165, 1.54) is 14.2 Å². The second-order valence-electron chi connectivity index (χ2n) is 9.60. The number of hydrogen-bond acceptors (Lipinski definition) is 8. The Morgan fingerprint density at radius 1 is 0.425 bits per heavy atom. The molecule has 0 saturated heterocycles. The Balaban J connectivity index is 1.91. The zero-order valence-corrected chi connectivity index (χ0v) is 24.0. The summed E-state index contributed by atoms with van der Waals surface area (Å²) in [5.74, 6) is 1.52. The van der Waals surface area contributed by atoms with Crippen molar-refractivity contribution in [3.8, 4) is 23.0 Å². The first-order valence-corrected chi connectivity index (χ1v) is 13.2. The van der Waals surface area contributed by atoms with Crippen molar-refractivity contribution < 1.29 is 38.0 Å². The first-order chi connectivity index (χ1) is 19.4. The van der Waals surface area contributed by atoms with Crippen molar-refractivity contribution in [1.29, 1.82) is 0 Å². The molecule has 40 heavy (non-hydrogen) atoms. The molecule has 0 aliphatic heterocycles. The molecule has 0 bridgehead atoms. The quantitative estimate of drug-likeness (QED) is 0.399. The minimum absolute atomic E-state index is 0.194. The Kier molecular flexibility index (Phi) is 9.19. The highest BCUT2D eigenvalue weighted by Gasteiger charge is 2.23. The van der Waals surface area contributed by atoms with Crippen LogP contribution in [0.2, 0.25) is 0 Å². The van der Waals surface area contributed by atoms with Crippen molar-refractivity contribution in [1.82, 2.24) is 0 Å². The molecule has 8 nitrogen and oxygen atoms in total. The summed E-state index contributed by atoms with van der Waals surface area (Å²) in [5.41, 5.74) is 6.89. The molecule has 1 aliphatic rings. The summed E-state index contributed by atoms with van der Waals surface area (Å²) in [7, 11) is 9.13. The van der Waals surface area contributed by atoms with Crippen molar-refractivity contribution in [2.24, 2.45) is 0 Å². The number of ether oxygens (including phenoxy) is 6. The van der Waals surface area contributed by atoms with Crippen LogP contribution >= 0.6 is 0 Å². The van der Waals surface area contributed by atoms with E-state index in [4.69, 9.17) is 28.4 Å². The molecule has 4 rings (SSSR count). The van der Waals surface area contributed by atoms with Gasteiger partial charge in [0.25, 0.3) is 0 Å². The van der Waals surface area contributed by atoms with Crippen LogP contribution in [-0.4, -0.2) is 54.6 Å². The first kappa shape index (κ1) is 28.8. The van der Waals surface area contributed by atoms with Gasteiger partial charge in [0.2, 0.25) is 0 Å². The van der Waals surface area contributed by atoms with Crippen LogP contribution in [0, 0.1) is 0 Å². The van der Waals surface area contributed by atoms with E-state index in [0.29, 0.717) is 48.7 Å². The van der Waals surface area contributed by atoms with Crippen LogP contribution in [0.1, 0.15) is 54.1 Å². The second kappa shape index (κ2) is 12.8. The molecule has 0 radical (unpaired) electrons. The molecule has 0 heterocycles. The fourth-order valence-corrected chi connectivity index (χ4v) is 5.38. The number of methoxy groups -OCH3 is 6. The topological polar surface area (TPSA) is 89.5 Å². The minimum Gasteiger partial charge on any atom is -0.493 e. The lowest BCUT2D eigenvalue weighted by Crippen LogP contribution is -2.15. The lowest BCUT2D eigenvalue weighted by Gasteiger charge is -2.20. The van der Waals surface area contributed by atoms with Crippen LogP contribution < -0.4 is 18.9 Å². The van der Waals surface area contributed by atoms with E-state index in [0.717, 1.165) is 46.2 Å². The second-order valence-corrected chi connectivity index (χ2v) is 9.60. The maximum absolute atomic E-state index is 12.7. The predicted octanol–water partition coefficient (Wildman–Crippen LogP) is 4.96. The van der Waals surface area contributed by atoms with Crippen LogP contribution in [0.25, 0.3) is 0 Å². The van der Waals surface area contributed by atoms with E-state index in [1.54, 1.807) is 40.6 Å². The van der Waals surface area contributed by atoms with Crippen molar-refractivity contribution in [2.45, 2.75) is 38.5 Å². The number of carbonyl (C=O) groups excluding carboxylic acids is 2. The average Bonchev–Trinajstić information content (AvgIpc) is 2.99. The maximum atomic E-state index is 12.7. The third-order valence-electron chi connectivity index (χ3n) is 7.55. The lowest BCUT2D eigenvalue weighted by molar-refractivity contribution is 0.0555. The summed E-state index contributed by atoms with van der Waals surface area (Å²) in [6, 6.07) is 11.7. The van der Waals surface area contributed by atoms with Crippen LogP contribution in [0.4, 0.5) is 0 Å². The third kappa shape index (κ3) is 5.86. The van der Waals surface area contributed by atoms with Crippen LogP contribution in [0.5, 0.6) is 23.0 Å². The highest BCUT2D eigenvalue weighted by atomic mass is 16.5. The Labute approximate surface area is 235 Å². The molecular formula is C32H36O8. The maximum Gasteiger partial charge on any atom is 0.338 e. The van der Waals surface area contributed by atoms with Gasteiger partial charge >= 0.3 is 11.9 Å². The Hall–Kier alpha value is -4.20. The predicted molar refractivity (Wildman–Crippen MR) is 150 cm³/mol. The van der Waals surface area contributed by atoms with E-state index < -0.39 is 11.9 Å². The van der Waals surface area contributed by atoms with Gasteiger partial charge in [-0.3, -0.25) is 0 Å². The van der Waals surface area contributed by atoms with Gasteiger partial charge in [0, 0.05) is 0 Å². The minimum atomic E-state index is -0.580. The molecule has 0 saturated carbocycles. The fraction of sp³-hybridized carbons (Fsp3) is 0.375. The summed E-state index contributed by atoms with van der Waals surface area (Å²) in [6.45, 7) is 0. The molecule has 0 unspecified atom stereocenters. The fourth-order valence-electron chi connectivity index (χ4n) is 5.38. The summed E-state index contributed by atoms with van der Waals surface area (Å²) >= 11 is 0. The molecule has 0 amide bonds. The van der Waals surface area contributed by atoms with Gasteiger partial charge in [-0.15, -0.1) is 0 Å². The first-order valence-electron chi connectivity index (χ1n) is 13.2. The summed E-state index contributed by atoms with van der Waals surface area (Å²) < 4.78 is 32.4. The van der Waals surface area contributed by atoms with E-state index in [9.17, 15) is 9.59 Å². The van der Waals surface area contributed by atoms with Crippen LogP contribution in [0.3, 0.4) is 0 Å². The van der Waals surface area contributed by atoms with Crippen LogP contribution in [-0.2, 0) is 48.0 Å². The Bertz CT molecular complexity index is 1300. The smallest absolute Gasteiger partial charge is 0.338 e. The van der Waals surface area contributed by atoms with Crippen LogP contribution in [0.15, 0.2) is 36.4 Å². The molecule has 8 heteroatoms. The standard InChI is InChI=1S/C32H36O8/c1-35-27-15-21-9-7-19-13-25(31(33)39-5)26(32(34)40-6)14-20(19)8-10-22-16-28(36-2)30(38-4)18-24(22)12-11-23(21)17-29(27)37-3/h13-18H,7-12H2,1-6H3. The van der Waals surface area contributed by atoms with Gasteiger partial charge in [0.1, 0.15) is 0 Å². The van der Waals surface area contributed by atoms with Crippen molar-refractivity contribution in [2.75, 3.05) is 42.7 Å². The molecule has 0 aromatic heterocycles. The number of hydrogen-bond donors (Lipinski definition) is 0. The van der Waals surface area contributed by atoms with Gasteiger partial charge in [-0.2, -0.15) is 0 Å². The highest BCUT2D eigenvalue weighted by Crippen LogP contribution is 2.36. The van der Waals surface area contributed by atoms with Gasteiger partial charge in [-0.1, -0.05) is 0 Å². The Morgan fingerprint density at radius 3 is 0.850 bits per heavy atom. The molecular weight excluding hydrogens is 512 g/mol. The molecule has 3 aromatic rings. The number of rotatable bonds is 6. The normalized spacial score (nSPS) is 12.8. The van der Waals surface area contributed by atoms with E-state index in [1.807, 2.05) is 24.3 Å². The summed E-state index contributed by atoms with van der Waals surface area (Å²) in [5, 5.41) is 0. The SMILES string of the molecule is COC(=O)c1cc2c(cc1C(=O)OC)CCc1cc(OC)c(OC)cc1CCc1cc(OC)c(OC)cc1CC2.